The number of hydrogen-bond donors (Lipinski definition) is 1. The maximum atomic E-state index is 12.6. The van der Waals surface area contributed by atoms with E-state index in [1.165, 1.54) is 0 Å². The molecule has 5 nitrogen and oxygen atoms in total. The smallest absolute Gasteiger partial charge is 0.255 e. The van der Waals surface area contributed by atoms with Crippen molar-refractivity contribution in [2.24, 2.45) is 0 Å². The normalized spacial score (nSPS) is 16.4. The number of hydrogen-bond acceptors (Lipinski definition) is 4. The van der Waals surface area contributed by atoms with E-state index in [-0.39, 0.29) is 36.8 Å². The first kappa shape index (κ1) is 21.2. The summed E-state index contributed by atoms with van der Waals surface area (Å²) in [6, 6.07) is 14.0. The fourth-order valence-electron chi connectivity index (χ4n) is 2.80. The Hall–Kier alpha value is -1.82. The van der Waals surface area contributed by atoms with E-state index < -0.39 is 0 Å². The van der Waals surface area contributed by atoms with E-state index in [0.717, 1.165) is 31.1 Å². The van der Waals surface area contributed by atoms with Crippen molar-refractivity contribution in [2.75, 3.05) is 31.6 Å². The Morgan fingerprint density at radius 1 is 1.20 bits per heavy atom. The Bertz CT molecular complexity index is 667. The van der Waals surface area contributed by atoms with Crippen molar-refractivity contribution >= 4 is 42.2 Å². The van der Waals surface area contributed by atoms with E-state index in [9.17, 15) is 4.79 Å². The molecule has 0 bridgehead atoms. The standard InChI is InChI=1S/C18H22N4O.2ClH/c1-14-12-19-10-11-22(14)18(23)15-8-9-17(20-13-15)21(2)16-6-4-3-5-7-16;;/h3-9,13-14,19H,10-12H2,1-2H3;2*1H. The first-order valence-corrected chi connectivity index (χ1v) is 7.93. The van der Waals surface area contributed by atoms with Gasteiger partial charge in [-0.1, -0.05) is 18.2 Å². The van der Waals surface area contributed by atoms with Gasteiger partial charge in [0.05, 0.1) is 5.56 Å². The van der Waals surface area contributed by atoms with Crippen LogP contribution in [0.5, 0.6) is 0 Å². The first-order chi connectivity index (χ1) is 11.2. The second-order valence-electron chi connectivity index (χ2n) is 5.85. The SMILES string of the molecule is CC1CNCCN1C(=O)c1ccc(N(C)c2ccccc2)nc1.Cl.Cl. The summed E-state index contributed by atoms with van der Waals surface area (Å²) in [5.74, 6) is 0.876. The lowest BCUT2D eigenvalue weighted by molar-refractivity contribution is 0.0655. The molecule has 0 aliphatic carbocycles. The van der Waals surface area contributed by atoms with Crippen LogP contribution in [0.1, 0.15) is 17.3 Å². The number of carbonyl (C=O) groups is 1. The van der Waals surface area contributed by atoms with Crippen LogP contribution in [0.4, 0.5) is 11.5 Å². The average Bonchev–Trinajstić information content (AvgIpc) is 2.62. The molecule has 1 unspecified atom stereocenters. The summed E-state index contributed by atoms with van der Waals surface area (Å²) in [5, 5.41) is 3.30. The number of para-hydroxylation sites is 1. The Morgan fingerprint density at radius 2 is 1.92 bits per heavy atom. The molecule has 1 aromatic carbocycles. The summed E-state index contributed by atoms with van der Waals surface area (Å²) < 4.78 is 0. The number of nitrogens with zero attached hydrogens (tertiary/aromatic N) is 3. The lowest BCUT2D eigenvalue weighted by Gasteiger charge is -2.34. The second kappa shape index (κ2) is 9.61. The molecular formula is C18H24Cl2N4O. The molecule has 2 aromatic rings. The van der Waals surface area contributed by atoms with E-state index in [0.29, 0.717) is 5.56 Å². The number of piperazine rings is 1. The molecule has 0 spiro atoms. The lowest BCUT2D eigenvalue weighted by Crippen LogP contribution is -2.52. The van der Waals surface area contributed by atoms with Gasteiger partial charge in [-0.25, -0.2) is 4.98 Å². The van der Waals surface area contributed by atoms with Crippen molar-refractivity contribution in [3.05, 3.63) is 54.2 Å². The van der Waals surface area contributed by atoms with E-state index in [1.807, 2.05) is 59.3 Å². The van der Waals surface area contributed by atoms with Gasteiger partial charge in [0.2, 0.25) is 0 Å². The van der Waals surface area contributed by atoms with Crippen LogP contribution in [0.25, 0.3) is 0 Å². The van der Waals surface area contributed by atoms with Gasteiger partial charge in [0.1, 0.15) is 5.82 Å². The maximum Gasteiger partial charge on any atom is 0.255 e. The highest BCUT2D eigenvalue weighted by Gasteiger charge is 2.24. The first-order valence-electron chi connectivity index (χ1n) is 7.93. The summed E-state index contributed by atoms with van der Waals surface area (Å²) in [6.07, 6.45) is 1.67. The Balaban J connectivity index is 0.00000156. The second-order valence-corrected chi connectivity index (χ2v) is 5.85. The maximum absolute atomic E-state index is 12.6. The number of benzene rings is 1. The predicted molar refractivity (Wildman–Crippen MR) is 107 cm³/mol. The number of pyridine rings is 1. The fourth-order valence-corrected chi connectivity index (χ4v) is 2.80. The largest absolute Gasteiger partial charge is 0.333 e. The van der Waals surface area contributed by atoms with Gasteiger partial charge in [0.15, 0.2) is 0 Å². The molecule has 1 amide bonds. The molecule has 0 radical (unpaired) electrons. The highest BCUT2D eigenvalue weighted by atomic mass is 35.5. The van der Waals surface area contributed by atoms with Crippen LogP contribution < -0.4 is 10.2 Å². The number of nitrogens with one attached hydrogen (secondary N) is 1. The van der Waals surface area contributed by atoms with Gasteiger partial charge in [-0.15, -0.1) is 24.8 Å². The molecule has 3 rings (SSSR count). The minimum Gasteiger partial charge on any atom is -0.333 e. The fraction of sp³-hybridized carbons (Fsp3) is 0.333. The van der Waals surface area contributed by atoms with Crippen LogP contribution in [-0.4, -0.2) is 48.5 Å². The van der Waals surface area contributed by atoms with E-state index in [2.05, 4.69) is 17.2 Å². The molecule has 1 fully saturated rings. The topological polar surface area (TPSA) is 48.5 Å². The van der Waals surface area contributed by atoms with Crippen LogP contribution in [0, 0.1) is 0 Å². The summed E-state index contributed by atoms with van der Waals surface area (Å²) in [5.41, 5.74) is 1.71. The van der Waals surface area contributed by atoms with Gasteiger partial charge in [0, 0.05) is 44.6 Å². The van der Waals surface area contributed by atoms with Crippen molar-refractivity contribution in [3.8, 4) is 0 Å². The minimum absolute atomic E-state index is 0. The van der Waals surface area contributed by atoms with Crippen LogP contribution in [0.3, 0.4) is 0 Å². The molecule has 1 aliphatic rings. The van der Waals surface area contributed by atoms with E-state index >= 15 is 0 Å². The van der Waals surface area contributed by atoms with Crippen LogP contribution >= 0.6 is 24.8 Å². The Kier molecular flexibility index (Phi) is 8.16. The van der Waals surface area contributed by atoms with Crippen molar-refractivity contribution in [1.82, 2.24) is 15.2 Å². The van der Waals surface area contributed by atoms with Gasteiger partial charge < -0.3 is 15.1 Å². The number of aromatic nitrogens is 1. The van der Waals surface area contributed by atoms with E-state index in [4.69, 9.17) is 0 Å². The monoisotopic (exact) mass is 382 g/mol. The quantitative estimate of drug-likeness (QED) is 0.885. The highest BCUT2D eigenvalue weighted by Crippen LogP contribution is 2.21. The molecule has 1 N–H and O–H groups in total. The van der Waals surface area contributed by atoms with E-state index in [1.54, 1.807) is 6.20 Å². The molecule has 25 heavy (non-hydrogen) atoms. The lowest BCUT2D eigenvalue weighted by atomic mass is 10.1. The number of anilines is 2. The third-order valence-electron chi connectivity index (χ3n) is 4.24. The summed E-state index contributed by atoms with van der Waals surface area (Å²) in [4.78, 5) is 21.0. The van der Waals surface area contributed by atoms with Gasteiger partial charge in [-0.3, -0.25) is 4.79 Å². The zero-order valence-corrected chi connectivity index (χ0v) is 16.0. The third-order valence-corrected chi connectivity index (χ3v) is 4.24. The van der Waals surface area contributed by atoms with Crippen LogP contribution in [0.2, 0.25) is 0 Å². The van der Waals surface area contributed by atoms with Crippen molar-refractivity contribution in [2.45, 2.75) is 13.0 Å². The van der Waals surface area contributed by atoms with Crippen molar-refractivity contribution < 1.29 is 4.79 Å². The molecule has 7 heteroatoms. The zero-order chi connectivity index (χ0) is 16.2. The average molecular weight is 383 g/mol. The van der Waals surface area contributed by atoms with Gasteiger partial charge in [-0.2, -0.15) is 0 Å². The molecule has 1 atom stereocenters. The molecule has 2 heterocycles. The molecule has 1 aliphatic heterocycles. The van der Waals surface area contributed by atoms with Gasteiger partial charge in [0.25, 0.3) is 5.91 Å². The Morgan fingerprint density at radius 3 is 2.52 bits per heavy atom. The van der Waals surface area contributed by atoms with Crippen LogP contribution in [0.15, 0.2) is 48.7 Å². The molecular weight excluding hydrogens is 359 g/mol. The zero-order valence-electron chi connectivity index (χ0n) is 14.4. The molecule has 1 aromatic heterocycles. The summed E-state index contributed by atoms with van der Waals surface area (Å²) in [7, 11) is 1.97. The molecule has 136 valence electrons. The molecule has 0 saturated carbocycles. The summed E-state index contributed by atoms with van der Waals surface area (Å²) >= 11 is 0. The molecule has 1 saturated heterocycles. The number of rotatable bonds is 3. The number of carbonyl (C=O) groups excluding carboxylic acids is 1. The number of amides is 1. The Labute approximate surface area is 161 Å². The third kappa shape index (κ3) is 4.84. The van der Waals surface area contributed by atoms with Crippen molar-refractivity contribution in [1.29, 1.82) is 0 Å². The summed E-state index contributed by atoms with van der Waals surface area (Å²) in [6.45, 7) is 4.49. The van der Waals surface area contributed by atoms with Crippen molar-refractivity contribution in [3.63, 3.8) is 0 Å². The van der Waals surface area contributed by atoms with Crippen LogP contribution in [-0.2, 0) is 0 Å². The minimum atomic E-state index is 0. The number of halogens is 2. The highest BCUT2D eigenvalue weighted by molar-refractivity contribution is 5.94. The predicted octanol–water partition coefficient (Wildman–Crippen LogP) is 3.13. The van der Waals surface area contributed by atoms with Gasteiger partial charge in [-0.05, 0) is 31.2 Å². The van der Waals surface area contributed by atoms with Gasteiger partial charge >= 0.3 is 0 Å².